The van der Waals surface area contributed by atoms with Gasteiger partial charge in [-0.25, -0.2) is 0 Å². The zero-order chi connectivity index (χ0) is 5.91. The van der Waals surface area contributed by atoms with Crippen LogP contribution in [-0.2, 0) is 0 Å². The van der Waals surface area contributed by atoms with Gasteiger partial charge < -0.3 is 0 Å². The molecule has 0 aromatic carbocycles. The van der Waals surface area contributed by atoms with E-state index in [2.05, 4.69) is 12.7 Å². The number of halogens is 2. The van der Waals surface area contributed by atoms with Crippen LogP contribution in [0.3, 0.4) is 0 Å². The Bertz CT molecular complexity index is 49.7. The molecule has 0 aliphatic carbocycles. The van der Waals surface area contributed by atoms with Gasteiger partial charge in [-0.05, 0) is 0 Å². The Hall–Kier alpha value is 1.21. The molecule has 0 spiro atoms. The second-order valence-corrected chi connectivity index (χ2v) is 20.0. The van der Waals surface area contributed by atoms with E-state index in [1.807, 2.05) is 13.8 Å². The molecule has 0 nitrogen and oxygen atoms in total. The second-order valence-electron chi connectivity index (χ2n) is 1.56. The molecule has 0 aromatic rings. The predicted molar refractivity (Wildman–Crippen MR) is 36.8 cm³/mol. The third-order valence-corrected chi connectivity index (χ3v) is 14.5. The molecule has 0 aliphatic rings. The Labute approximate surface area is 54.9 Å². The molecule has 0 heterocycles. The summed E-state index contributed by atoms with van der Waals surface area (Å²) in [7, 11) is 0. The Morgan fingerprint density at radius 1 is 1.43 bits per heavy atom. The molecule has 0 amide bonds. The van der Waals surface area contributed by atoms with Gasteiger partial charge in [0.05, 0.1) is 0 Å². The van der Waals surface area contributed by atoms with Crippen LogP contribution in [0.1, 0.15) is 13.8 Å². The van der Waals surface area contributed by atoms with Gasteiger partial charge in [-0.1, -0.05) is 0 Å². The van der Waals surface area contributed by atoms with Crippen LogP contribution < -0.4 is 0 Å². The molecule has 0 N–H and O–H groups in total. The minimum absolute atomic E-state index is 0.755. The van der Waals surface area contributed by atoms with Crippen LogP contribution in [0.4, 0.5) is 2.87 Å². The molecule has 0 atom stereocenters. The van der Waals surface area contributed by atoms with Crippen molar-refractivity contribution < 1.29 is 2.87 Å². The van der Waals surface area contributed by atoms with E-state index in [4.69, 9.17) is 0 Å². The number of hydrogen-bond acceptors (Lipinski definition) is 0. The van der Waals surface area contributed by atoms with E-state index in [9.17, 15) is 2.87 Å². The van der Waals surface area contributed by atoms with E-state index in [0.717, 1.165) is 8.87 Å². The van der Waals surface area contributed by atoms with E-state index < -0.39 is 16.7 Å². The topological polar surface area (TPSA) is 0 Å². The quantitative estimate of drug-likeness (QED) is 0.680. The fourth-order valence-corrected chi connectivity index (χ4v) is 1.68. The average Bonchev–Trinajstić information content (AvgIpc) is 1.68. The van der Waals surface area contributed by atoms with E-state index in [1.165, 1.54) is 0 Å². The number of rotatable bonds is 2. The zero-order valence-corrected chi connectivity index (χ0v) is 9.11. The summed E-state index contributed by atoms with van der Waals surface area (Å²) in [6.45, 7) is 3.82. The molecule has 0 bridgehead atoms. The molecule has 0 aliphatic heterocycles. The summed E-state index contributed by atoms with van der Waals surface area (Å²) in [6.07, 6.45) is 0. The van der Waals surface area contributed by atoms with Gasteiger partial charge in [0.2, 0.25) is 0 Å². The van der Waals surface area contributed by atoms with Crippen LogP contribution in [0.15, 0.2) is 0 Å². The fraction of sp³-hybridized carbons (Fsp3) is 1.00. The average molecular weight is 276 g/mol. The van der Waals surface area contributed by atoms with Gasteiger partial charge in [-0.2, -0.15) is 0 Å². The first-order chi connectivity index (χ1) is 3.12. The standard InChI is InChI=1S/2C2H5.BrH.FH.Sn/c2*1-2;;;/h2*1H2,2H3;2*1H;/q;;;;+2/p-2. The van der Waals surface area contributed by atoms with Crippen LogP contribution in [0.5, 0.6) is 0 Å². The van der Waals surface area contributed by atoms with Gasteiger partial charge in [-0.3, -0.25) is 0 Å². The Morgan fingerprint density at radius 2 is 1.71 bits per heavy atom. The Morgan fingerprint density at radius 3 is 1.71 bits per heavy atom. The first-order valence-corrected chi connectivity index (χ1v) is 14.0. The first kappa shape index (κ1) is 8.21. The van der Waals surface area contributed by atoms with E-state index in [1.54, 1.807) is 0 Å². The van der Waals surface area contributed by atoms with Crippen molar-refractivity contribution in [2.75, 3.05) is 0 Å². The summed E-state index contributed by atoms with van der Waals surface area (Å²) < 4.78 is 14.2. The fourth-order valence-electron chi connectivity index (χ4n) is 0.250. The summed E-state index contributed by atoms with van der Waals surface area (Å²) in [5, 5.41) is 0. The molecule has 3 heteroatoms. The SMILES string of the molecule is C[CH2][Sn]([F])([Br])[CH2]C. The molecule has 0 aromatic heterocycles. The van der Waals surface area contributed by atoms with Crippen molar-refractivity contribution in [3.05, 3.63) is 0 Å². The molecule has 0 radical (unpaired) electrons. The maximum atomic E-state index is 12.7. The van der Waals surface area contributed by atoms with Gasteiger partial charge in [0.25, 0.3) is 0 Å². The van der Waals surface area contributed by atoms with Crippen LogP contribution in [0.25, 0.3) is 0 Å². The molecule has 0 unspecified atom stereocenters. The summed E-state index contributed by atoms with van der Waals surface area (Å²) in [5.41, 5.74) is 0. The maximum absolute atomic E-state index is 12.7. The van der Waals surface area contributed by atoms with Crippen molar-refractivity contribution in [3.63, 3.8) is 0 Å². The Kier molecular flexibility index (Phi) is 3.84. The summed E-state index contributed by atoms with van der Waals surface area (Å²) in [6, 6.07) is 0. The van der Waals surface area contributed by atoms with E-state index in [-0.39, 0.29) is 0 Å². The van der Waals surface area contributed by atoms with Crippen LogP contribution in [-0.4, -0.2) is 16.7 Å². The molecule has 0 saturated carbocycles. The van der Waals surface area contributed by atoms with Crippen LogP contribution >= 0.6 is 12.7 Å². The molecular weight excluding hydrogens is 266 g/mol. The normalized spacial score (nSPS) is 12.0. The number of hydrogen-bond donors (Lipinski definition) is 0. The molecule has 7 heavy (non-hydrogen) atoms. The van der Waals surface area contributed by atoms with Crippen LogP contribution in [0.2, 0.25) is 8.87 Å². The van der Waals surface area contributed by atoms with Crippen molar-refractivity contribution in [3.8, 4) is 0 Å². The monoisotopic (exact) mass is 276 g/mol. The minimum atomic E-state index is -2.97. The van der Waals surface area contributed by atoms with Gasteiger partial charge in [0.1, 0.15) is 0 Å². The van der Waals surface area contributed by atoms with Crippen molar-refractivity contribution in [2.45, 2.75) is 22.7 Å². The molecule has 0 saturated heterocycles. The van der Waals surface area contributed by atoms with Gasteiger partial charge in [-0.15, -0.1) is 0 Å². The molecule has 0 rings (SSSR count). The zero-order valence-electron chi connectivity index (χ0n) is 4.67. The van der Waals surface area contributed by atoms with Gasteiger partial charge in [0.15, 0.2) is 0 Å². The molecular formula is C4H10BrFSn. The third-order valence-electron chi connectivity index (χ3n) is 1.03. The Balaban J connectivity index is 3.36. The summed E-state index contributed by atoms with van der Waals surface area (Å²) >= 11 is 0.152. The van der Waals surface area contributed by atoms with Gasteiger partial charge >= 0.3 is 55.0 Å². The molecule has 44 valence electrons. The van der Waals surface area contributed by atoms with Gasteiger partial charge in [0, 0.05) is 0 Å². The van der Waals surface area contributed by atoms with E-state index >= 15 is 0 Å². The molecule has 0 fully saturated rings. The summed E-state index contributed by atoms with van der Waals surface area (Å²) in [4.78, 5) is 0. The van der Waals surface area contributed by atoms with E-state index in [0.29, 0.717) is 0 Å². The third kappa shape index (κ3) is 3.76. The summed E-state index contributed by atoms with van der Waals surface area (Å²) in [5.74, 6) is 0. The van der Waals surface area contributed by atoms with Crippen LogP contribution in [0, 0.1) is 0 Å². The van der Waals surface area contributed by atoms with Crippen molar-refractivity contribution in [1.82, 2.24) is 0 Å². The predicted octanol–water partition coefficient (Wildman–Crippen LogP) is 2.83. The second kappa shape index (κ2) is 3.28. The van der Waals surface area contributed by atoms with Crippen molar-refractivity contribution >= 4 is 29.4 Å². The van der Waals surface area contributed by atoms with Crippen molar-refractivity contribution in [1.29, 1.82) is 0 Å². The first-order valence-electron chi connectivity index (χ1n) is 2.50. The van der Waals surface area contributed by atoms with Crippen molar-refractivity contribution in [2.24, 2.45) is 0 Å².